The minimum atomic E-state index is -0.235. The summed E-state index contributed by atoms with van der Waals surface area (Å²) in [6, 6.07) is 13.8. The number of halogens is 2. The second-order valence-corrected chi connectivity index (χ2v) is 6.91. The Morgan fingerprint density at radius 2 is 1.82 bits per heavy atom. The van der Waals surface area contributed by atoms with E-state index in [2.05, 4.69) is 43.8 Å². The van der Waals surface area contributed by atoms with Crippen LogP contribution in [0.3, 0.4) is 0 Å². The molecule has 0 saturated heterocycles. The molecule has 1 atom stereocenters. The molecule has 3 nitrogen and oxygen atoms in total. The number of hydrogen-bond donors (Lipinski definition) is 1. The lowest BCUT2D eigenvalue weighted by atomic mass is 10.1. The van der Waals surface area contributed by atoms with Crippen LogP contribution < -0.4 is 10.2 Å². The minimum Gasteiger partial charge on any atom is -0.359 e. The van der Waals surface area contributed by atoms with Crippen LogP contribution in [0.25, 0.3) is 0 Å². The molecule has 0 saturated carbocycles. The molecular formula is C17H14Br2N2O. The number of fused-ring (bicyclic) bond motifs is 1. The Morgan fingerprint density at radius 1 is 1.18 bits per heavy atom. The maximum absolute atomic E-state index is 12.6. The number of hydrogen-bond acceptors (Lipinski definition) is 2. The van der Waals surface area contributed by atoms with Gasteiger partial charge in [0.1, 0.15) is 6.17 Å². The number of anilines is 2. The van der Waals surface area contributed by atoms with Gasteiger partial charge in [-0.1, -0.05) is 36.9 Å². The summed E-state index contributed by atoms with van der Waals surface area (Å²) in [7, 11) is 0. The standard InChI is InChI=1S/C17H14Br2N2O/c1-10(2)17(22)21-15-9-13(19)12(18)8-14(15)20-16(21)11-6-4-3-5-7-11/h3-9,16,20H,1H2,2H3. The number of benzene rings is 2. The molecule has 0 aliphatic carbocycles. The molecule has 3 rings (SSSR count). The Bertz CT molecular complexity index is 759. The van der Waals surface area contributed by atoms with E-state index < -0.39 is 0 Å². The topological polar surface area (TPSA) is 32.3 Å². The highest BCUT2D eigenvalue weighted by molar-refractivity contribution is 9.13. The molecule has 5 heteroatoms. The summed E-state index contributed by atoms with van der Waals surface area (Å²) in [5.41, 5.74) is 3.30. The van der Waals surface area contributed by atoms with E-state index in [1.165, 1.54) is 0 Å². The van der Waals surface area contributed by atoms with Gasteiger partial charge in [-0.25, -0.2) is 0 Å². The molecule has 1 amide bonds. The van der Waals surface area contributed by atoms with E-state index in [0.717, 1.165) is 25.9 Å². The number of amides is 1. The molecular weight excluding hydrogens is 408 g/mol. The van der Waals surface area contributed by atoms with Gasteiger partial charge in [0.15, 0.2) is 0 Å². The zero-order chi connectivity index (χ0) is 15.9. The summed E-state index contributed by atoms with van der Waals surface area (Å²) in [4.78, 5) is 14.4. The third-order valence-corrected chi connectivity index (χ3v) is 5.39. The van der Waals surface area contributed by atoms with Crippen LogP contribution in [-0.4, -0.2) is 5.91 Å². The molecule has 1 heterocycles. The molecule has 0 aromatic heterocycles. The van der Waals surface area contributed by atoms with Crippen LogP contribution in [0.1, 0.15) is 18.7 Å². The van der Waals surface area contributed by atoms with Crippen LogP contribution in [0.15, 0.2) is 63.6 Å². The van der Waals surface area contributed by atoms with E-state index in [9.17, 15) is 4.79 Å². The van der Waals surface area contributed by atoms with Crippen molar-refractivity contribution in [2.24, 2.45) is 0 Å². The Labute approximate surface area is 146 Å². The summed E-state index contributed by atoms with van der Waals surface area (Å²) in [5, 5.41) is 3.42. The number of nitrogens with one attached hydrogen (secondary N) is 1. The third kappa shape index (κ3) is 2.59. The summed E-state index contributed by atoms with van der Waals surface area (Å²) in [6.45, 7) is 5.53. The number of carbonyl (C=O) groups excluding carboxylic acids is 1. The van der Waals surface area contributed by atoms with E-state index in [0.29, 0.717) is 5.57 Å². The van der Waals surface area contributed by atoms with Crippen molar-refractivity contribution in [3.05, 3.63) is 69.1 Å². The van der Waals surface area contributed by atoms with Gasteiger partial charge in [-0.15, -0.1) is 0 Å². The molecule has 1 aliphatic rings. The summed E-state index contributed by atoms with van der Waals surface area (Å²) in [6.07, 6.45) is -0.235. The van der Waals surface area contributed by atoms with Gasteiger partial charge >= 0.3 is 0 Å². The van der Waals surface area contributed by atoms with Crippen molar-refractivity contribution in [2.45, 2.75) is 13.1 Å². The largest absolute Gasteiger partial charge is 0.359 e. The maximum atomic E-state index is 12.6. The van der Waals surface area contributed by atoms with Crippen LogP contribution in [0.5, 0.6) is 0 Å². The lowest BCUT2D eigenvalue weighted by molar-refractivity contribution is -0.115. The molecule has 0 bridgehead atoms. The first-order valence-electron chi connectivity index (χ1n) is 6.78. The Morgan fingerprint density at radius 3 is 2.45 bits per heavy atom. The highest BCUT2D eigenvalue weighted by atomic mass is 79.9. The first-order valence-corrected chi connectivity index (χ1v) is 8.37. The predicted octanol–water partition coefficient (Wildman–Crippen LogP) is 5.25. The second-order valence-electron chi connectivity index (χ2n) is 5.20. The maximum Gasteiger partial charge on any atom is 0.255 e. The normalized spacial score (nSPS) is 16.1. The summed E-state index contributed by atoms with van der Waals surface area (Å²) < 4.78 is 1.84. The predicted molar refractivity (Wildman–Crippen MR) is 96.9 cm³/mol. The van der Waals surface area contributed by atoms with E-state index in [4.69, 9.17) is 0 Å². The van der Waals surface area contributed by atoms with Crippen LogP contribution in [0, 0.1) is 0 Å². The summed E-state index contributed by atoms with van der Waals surface area (Å²) in [5.74, 6) is -0.0886. The van der Waals surface area contributed by atoms with E-state index in [1.54, 1.807) is 11.8 Å². The fourth-order valence-corrected chi connectivity index (χ4v) is 3.18. The quantitative estimate of drug-likeness (QED) is 0.672. The minimum absolute atomic E-state index is 0.0886. The van der Waals surface area contributed by atoms with Crippen molar-refractivity contribution in [3.8, 4) is 0 Å². The molecule has 1 aliphatic heterocycles. The van der Waals surface area contributed by atoms with Gasteiger partial charge in [0.25, 0.3) is 5.91 Å². The van der Waals surface area contributed by atoms with Crippen LogP contribution in [-0.2, 0) is 4.79 Å². The molecule has 1 N–H and O–H groups in total. The Hall–Kier alpha value is -1.59. The van der Waals surface area contributed by atoms with Gasteiger partial charge < -0.3 is 5.32 Å². The summed E-state index contributed by atoms with van der Waals surface area (Å²) >= 11 is 7.01. The van der Waals surface area contributed by atoms with Gasteiger partial charge in [0.2, 0.25) is 0 Å². The lowest BCUT2D eigenvalue weighted by Crippen LogP contribution is -2.34. The molecule has 22 heavy (non-hydrogen) atoms. The average molecular weight is 422 g/mol. The van der Waals surface area contributed by atoms with Crippen molar-refractivity contribution in [1.82, 2.24) is 0 Å². The van der Waals surface area contributed by atoms with Crippen LogP contribution in [0.4, 0.5) is 11.4 Å². The van der Waals surface area contributed by atoms with Crippen molar-refractivity contribution in [3.63, 3.8) is 0 Å². The average Bonchev–Trinajstić information content (AvgIpc) is 2.86. The highest BCUT2D eigenvalue weighted by Crippen LogP contribution is 2.45. The van der Waals surface area contributed by atoms with Crippen LogP contribution in [0.2, 0.25) is 0 Å². The molecule has 2 aromatic rings. The van der Waals surface area contributed by atoms with Gasteiger partial charge in [0.05, 0.1) is 11.4 Å². The van der Waals surface area contributed by atoms with Gasteiger partial charge in [0, 0.05) is 14.5 Å². The number of nitrogens with zero attached hydrogens (tertiary/aromatic N) is 1. The van der Waals surface area contributed by atoms with Crippen molar-refractivity contribution in [1.29, 1.82) is 0 Å². The number of carbonyl (C=O) groups is 1. The molecule has 0 radical (unpaired) electrons. The molecule has 112 valence electrons. The monoisotopic (exact) mass is 420 g/mol. The first kappa shape index (κ1) is 15.3. The van der Waals surface area contributed by atoms with E-state index >= 15 is 0 Å². The Kier molecular flexibility index (Phi) is 4.10. The van der Waals surface area contributed by atoms with Crippen molar-refractivity contribution < 1.29 is 4.79 Å². The SMILES string of the molecule is C=C(C)C(=O)N1c2cc(Br)c(Br)cc2NC1c1ccccc1. The van der Waals surface area contributed by atoms with E-state index in [1.807, 2.05) is 42.5 Å². The zero-order valence-corrected chi connectivity index (χ0v) is 15.1. The highest BCUT2D eigenvalue weighted by Gasteiger charge is 2.35. The van der Waals surface area contributed by atoms with Crippen molar-refractivity contribution >= 4 is 49.1 Å². The smallest absolute Gasteiger partial charge is 0.255 e. The zero-order valence-electron chi connectivity index (χ0n) is 11.9. The fourth-order valence-electron chi connectivity index (χ4n) is 2.50. The molecule has 0 spiro atoms. The van der Waals surface area contributed by atoms with Gasteiger partial charge in [-0.05, 0) is 56.5 Å². The molecule has 1 unspecified atom stereocenters. The fraction of sp³-hybridized carbons (Fsp3) is 0.118. The van der Waals surface area contributed by atoms with Crippen molar-refractivity contribution in [2.75, 3.05) is 10.2 Å². The third-order valence-electron chi connectivity index (χ3n) is 3.55. The lowest BCUT2D eigenvalue weighted by Gasteiger charge is -2.25. The first-order chi connectivity index (χ1) is 10.5. The Balaban J connectivity index is 2.13. The van der Waals surface area contributed by atoms with Gasteiger partial charge in [-0.2, -0.15) is 0 Å². The molecule has 0 fully saturated rings. The van der Waals surface area contributed by atoms with Gasteiger partial charge in [-0.3, -0.25) is 9.69 Å². The van der Waals surface area contributed by atoms with Crippen LogP contribution >= 0.6 is 31.9 Å². The van der Waals surface area contributed by atoms with E-state index in [-0.39, 0.29) is 12.1 Å². The second kappa shape index (κ2) is 5.89. The number of rotatable bonds is 2. The molecule has 2 aromatic carbocycles.